The van der Waals surface area contributed by atoms with Gasteiger partial charge in [0.15, 0.2) is 0 Å². The predicted molar refractivity (Wildman–Crippen MR) is 201 cm³/mol. The van der Waals surface area contributed by atoms with Gasteiger partial charge < -0.3 is 19.7 Å². The molecule has 50 heavy (non-hydrogen) atoms. The topological polar surface area (TPSA) is 93.1 Å². The van der Waals surface area contributed by atoms with Gasteiger partial charge in [0.1, 0.15) is 23.4 Å². The van der Waals surface area contributed by atoms with Crippen molar-refractivity contribution in [1.82, 2.24) is 0 Å². The first-order valence-corrected chi connectivity index (χ1v) is 18.3. The van der Waals surface area contributed by atoms with Gasteiger partial charge >= 0.3 is 11.9 Å². The second-order valence-corrected chi connectivity index (χ2v) is 16.9. The quantitative estimate of drug-likeness (QED) is 0.225. The average molecular weight is 767 g/mol. The Morgan fingerprint density at radius 1 is 0.720 bits per heavy atom. The molecule has 10 heteroatoms. The fraction of sp³-hybridized carbons (Fsp3) is 0.550. The highest BCUT2D eigenvalue weighted by molar-refractivity contribution is 6.35. The third kappa shape index (κ3) is 8.78. The number of terminal acetylenes is 2. The Morgan fingerprint density at radius 3 is 1.30 bits per heavy atom. The second kappa shape index (κ2) is 16.1. The van der Waals surface area contributed by atoms with Crippen LogP contribution in [-0.2, 0) is 19.1 Å². The Hall–Kier alpha value is -2.42. The molecule has 0 spiro atoms. The number of halogens is 4. The van der Waals surface area contributed by atoms with E-state index in [0.717, 1.165) is 0 Å². The van der Waals surface area contributed by atoms with E-state index in [-0.39, 0.29) is 36.0 Å². The van der Waals surface area contributed by atoms with Gasteiger partial charge in [0.05, 0.1) is 11.8 Å². The van der Waals surface area contributed by atoms with E-state index in [1.54, 1.807) is 50.2 Å². The number of carbonyl (C=O) groups excluding carboxylic acids is 2. The molecule has 0 bridgehead atoms. The van der Waals surface area contributed by atoms with Gasteiger partial charge in [0.25, 0.3) is 0 Å². The first kappa shape index (κ1) is 42.0. The Labute approximate surface area is 317 Å². The maximum absolute atomic E-state index is 12.6. The van der Waals surface area contributed by atoms with Crippen molar-refractivity contribution >= 4 is 58.3 Å². The van der Waals surface area contributed by atoms with E-state index >= 15 is 0 Å². The smallest absolute Gasteiger partial charge is 0.313 e. The van der Waals surface area contributed by atoms with E-state index in [1.165, 1.54) is 0 Å². The van der Waals surface area contributed by atoms with E-state index in [0.29, 0.717) is 56.9 Å². The molecule has 2 aliphatic rings. The van der Waals surface area contributed by atoms with Crippen LogP contribution < -0.4 is 0 Å². The number of aliphatic hydroxyl groups is 2. The molecule has 2 aromatic carbocycles. The lowest BCUT2D eigenvalue weighted by Gasteiger charge is -2.49. The zero-order valence-corrected chi connectivity index (χ0v) is 33.0. The van der Waals surface area contributed by atoms with Crippen molar-refractivity contribution < 1.29 is 29.3 Å². The van der Waals surface area contributed by atoms with E-state index < -0.39 is 33.9 Å². The summed E-state index contributed by atoms with van der Waals surface area (Å²) < 4.78 is 11.5. The third-order valence-corrected chi connectivity index (χ3v) is 11.9. The summed E-state index contributed by atoms with van der Waals surface area (Å²) in [5.74, 6) is 3.04. The van der Waals surface area contributed by atoms with E-state index in [2.05, 4.69) is 11.8 Å². The van der Waals surface area contributed by atoms with Crippen LogP contribution >= 0.6 is 46.4 Å². The van der Waals surface area contributed by atoms with Gasteiger partial charge in [-0.1, -0.05) is 112 Å². The molecule has 0 aliphatic heterocycles. The minimum Gasteiger partial charge on any atom is -0.462 e. The zero-order chi connectivity index (χ0) is 38.0. The van der Waals surface area contributed by atoms with Crippen LogP contribution in [0.25, 0.3) is 0 Å². The number of ether oxygens (including phenoxy) is 2. The molecule has 0 unspecified atom stereocenters. The van der Waals surface area contributed by atoms with Crippen molar-refractivity contribution in [3.05, 3.63) is 67.6 Å². The van der Waals surface area contributed by atoms with Crippen molar-refractivity contribution in [2.45, 2.75) is 116 Å². The first-order chi connectivity index (χ1) is 23.0. The molecule has 2 aromatic rings. The molecule has 2 N–H and O–H groups in total. The summed E-state index contributed by atoms with van der Waals surface area (Å²) in [7, 11) is 0. The summed E-state index contributed by atoms with van der Waals surface area (Å²) >= 11 is 24.2. The Balaban J connectivity index is 0.000000270. The van der Waals surface area contributed by atoms with Crippen LogP contribution in [0.4, 0.5) is 0 Å². The minimum absolute atomic E-state index is 0.173. The molecule has 4 rings (SSSR count). The molecule has 2 fully saturated rings. The molecule has 0 heterocycles. The molecule has 0 aromatic heterocycles. The number of esters is 2. The Bertz CT molecular complexity index is 1540. The van der Waals surface area contributed by atoms with Crippen LogP contribution in [-0.4, -0.2) is 45.6 Å². The summed E-state index contributed by atoms with van der Waals surface area (Å²) in [4.78, 5) is 25.2. The number of rotatable bonds is 6. The number of hydrogen-bond donors (Lipinski definition) is 2. The molecule has 272 valence electrons. The van der Waals surface area contributed by atoms with Crippen LogP contribution in [0.5, 0.6) is 0 Å². The number of hydrogen-bond acceptors (Lipinski definition) is 6. The summed E-state index contributed by atoms with van der Waals surface area (Å²) in [6.07, 6.45) is 12.6. The molecule has 2 saturated carbocycles. The lowest BCUT2D eigenvalue weighted by molar-refractivity contribution is -0.168. The van der Waals surface area contributed by atoms with Crippen molar-refractivity contribution in [3.63, 3.8) is 0 Å². The maximum Gasteiger partial charge on any atom is 0.313 e. The maximum atomic E-state index is 12.6. The average Bonchev–Trinajstić information content (AvgIpc) is 3.01. The van der Waals surface area contributed by atoms with Crippen molar-refractivity contribution in [3.8, 4) is 24.7 Å². The van der Waals surface area contributed by atoms with Crippen LogP contribution in [0.15, 0.2) is 36.4 Å². The predicted octanol–water partition coefficient (Wildman–Crippen LogP) is 9.66. The molecule has 0 amide bonds. The Morgan fingerprint density at radius 2 is 1.04 bits per heavy atom. The van der Waals surface area contributed by atoms with Gasteiger partial charge in [0, 0.05) is 42.8 Å². The first-order valence-electron chi connectivity index (χ1n) is 16.7. The standard InChI is InChI=1S/2C20H24Cl2O3/c2*1-6-20(24)12(2)9-15(11-19(20,4)5)25-18(23)13(3)16-8-7-14(21)10-17(16)22/h2*1,7-8,10,12-13,15,24H,9,11H2,2-5H3/t12-,13+,15-,20+;12-,13-,15-,20+/m10/s1. The minimum atomic E-state index is -1.21. The zero-order valence-electron chi connectivity index (χ0n) is 30.0. The van der Waals surface area contributed by atoms with E-state index in [1.807, 2.05) is 41.5 Å². The summed E-state index contributed by atoms with van der Waals surface area (Å²) in [6, 6.07) is 10.1. The lowest BCUT2D eigenvalue weighted by Crippen LogP contribution is -2.55. The second-order valence-electron chi connectivity index (χ2n) is 15.2. The van der Waals surface area contributed by atoms with Crippen molar-refractivity contribution in [2.24, 2.45) is 22.7 Å². The Kier molecular flexibility index (Phi) is 13.5. The molecule has 0 saturated heterocycles. The van der Waals surface area contributed by atoms with Gasteiger partial charge in [0.2, 0.25) is 0 Å². The number of carbonyl (C=O) groups is 2. The summed E-state index contributed by atoms with van der Waals surface area (Å²) in [6.45, 7) is 14.9. The fourth-order valence-corrected chi connectivity index (χ4v) is 8.57. The molecular formula is C40H48Cl4O6. The SMILES string of the molecule is C#C[C@@]1(O)[C@@H](C)C[C@H](OC(=O)[C@@H](C)c2ccc(Cl)cc2Cl)CC1(C)C.C#C[C@]1(O)[C@H](C)C[C@@H](OC(=O)[C@@H](C)c2ccc(Cl)cc2Cl)CC1(C)C. The highest BCUT2D eigenvalue weighted by atomic mass is 35.5. The van der Waals surface area contributed by atoms with Crippen LogP contribution in [0, 0.1) is 47.4 Å². The van der Waals surface area contributed by atoms with Crippen molar-refractivity contribution in [1.29, 1.82) is 0 Å². The highest BCUT2D eigenvalue weighted by Crippen LogP contribution is 2.49. The number of benzene rings is 2. The molecule has 0 radical (unpaired) electrons. The van der Waals surface area contributed by atoms with E-state index in [9.17, 15) is 19.8 Å². The largest absolute Gasteiger partial charge is 0.462 e. The van der Waals surface area contributed by atoms with Gasteiger partial charge in [-0.2, -0.15) is 0 Å². The van der Waals surface area contributed by atoms with Gasteiger partial charge in [-0.15, -0.1) is 12.8 Å². The normalized spacial score (nSPS) is 29.5. The van der Waals surface area contributed by atoms with Crippen LogP contribution in [0.1, 0.15) is 104 Å². The molecule has 6 nitrogen and oxygen atoms in total. The fourth-order valence-electron chi connectivity index (χ4n) is 7.43. The monoisotopic (exact) mass is 764 g/mol. The summed E-state index contributed by atoms with van der Waals surface area (Å²) in [5, 5.41) is 23.5. The van der Waals surface area contributed by atoms with Gasteiger partial charge in [-0.25, -0.2) is 0 Å². The van der Waals surface area contributed by atoms with Crippen LogP contribution in [0.3, 0.4) is 0 Å². The van der Waals surface area contributed by atoms with Gasteiger partial charge in [-0.05, 0) is 74.9 Å². The van der Waals surface area contributed by atoms with Gasteiger partial charge in [-0.3, -0.25) is 9.59 Å². The molecule has 8 atom stereocenters. The highest BCUT2D eigenvalue weighted by Gasteiger charge is 2.53. The third-order valence-electron chi connectivity index (χ3n) is 10.8. The summed E-state index contributed by atoms with van der Waals surface area (Å²) in [5.41, 5.74) is -2.15. The molecular weight excluding hydrogens is 718 g/mol. The van der Waals surface area contributed by atoms with Crippen LogP contribution in [0.2, 0.25) is 20.1 Å². The van der Waals surface area contributed by atoms with E-state index in [4.69, 9.17) is 68.7 Å². The molecule has 2 aliphatic carbocycles. The lowest BCUT2D eigenvalue weighted by atomic mass is 9.60. The van der Waals surface area contributed by atoms with Crippen molar-refractivity contribution in [2.75, 3.05) is 0 Å².